The molecule has 2 aromatic carbocycles. The summed E-state index contributed by atoms with van der Waals surface area (Å²) in [5, 5.41) is 2.92. The van der Waals surface area contributed by atoms with Crippen molar-refractivity contribution < 1.29 is 23.7 Å². The number of hydrogen-bond donors (Lipinski definition) is 1. The van der Waals surface area contributed by atoms with Gasteiger partial charge in [-0.1, -0.05) is 6.07 Å². The number of carbonyl (C=O) groups excluding carboxylic acids is 1. The minimum absolute atomic E-state index is 0.140. The molecule has 0 aliphatic rings. The van der Waals surface area contributed by atoms with Crippen molar-refractivity contribution in [3.8, 4) is 23.0 Å². The molecule has 0 aliphatic carbocycles. The van der Waals surface area contributed by atoms with Crippen molar-refractivity contribution in [2.75, 3.05) is 35.0 Å². The van der Waals surface area contributed by atoms with Crippen LogP contribution in [0.2, 0.25) is 0 Å². The van der Waals surface area contributed by atoms with Crippen molar-refractivity contribution in [2.45, 2.75) is 12.8 Å². The Morgan fingerprint density at radius 1 is 0.808 bits per heavy atom. The van der Waals surface area contributed by atoms with Gasteiger partial charge in [0.25, 0.3) is 5.91 Å². The lowest BCUT2D eigenvalue weighted by Crippen LogP contribution is -2.24. The van der Waals surface area contributed by atoms with Crippen molar-refractivity contribution in [1.82, 2.24) is 5.32 Å². The average Bonchev–Trinajstić information content (AvgIpc) is 2.70. The van der Waals surface area contributed by atoms with Gasteiger partial charge in [0.15, 0.2) is 23.0 Å². The van der Waals surface area contributed by atoms with Crippen molar-refractivity contribution in [3.05, 3.63) is 47.5 Å². The number of ether oxygens (including phenoxy) is 4. The molecule has 0 bridgehead atoms. The highest BCUT2D eigenvalue weighted by molar-refractivity contribution is 5.94. The summed E-state index contributed by atoms with van der Waals surface area (Å²) < 4.78 is 20.9. The zero-order valence-corrected chi connectivity index (χ0v) is 15.6. The molecule has 140 valence electrons. The minimum atomic E-state index is -0.140. The molecule has 0 unspecified atom stereocenters. The quantitative estimate of drug-likeness (QED) is 0.697. The van der Waals surface area contributed by atoms with Gasteiger partial charge >= 0.3 is 0 Å². The Kier molecular flexibility index (Phi) is 7.14. The molecule has 26 heavy (non-hydrogen) atoms. The highest BCUT2D eigenvalue weighted by Crippen LogP contribution is 2.28. The molecule has 6 heteroatoms. The number of nitrogens with one attached hydrogen (secondary N) is 1. The van der Waals surface area contributed by atoms with Gasteiger partial charge in [0.05, 0.1) is 28.4 Å². The van der Waals surface area contributed by atoms with Crippen LogP contribution in [0.4, 0.5) is 0 Å². The van der Waals surface area contributed by atoms with E-state index in [1.54, 1.807) is 46.6 Å². The third-order valence-corrected chi connectivity index (χ3v) is 4.02. The Morgan fingerprint density at radius 3 is 2.00 bits per heavy atom. The van der Waals surface area contributed by atoms with Crippen LogP contribution < -0.4 is 24.3 Å². The number of aryl methyl sites for hydroxylation is 1. The molecule has 1 N–H and O–H groups in total. The number of carbonyl (C=O) groups is 1. The zero-order chi connectivity index (χ0) is 18.9. The van der Waals surface area contributed by atoms with E-state index in [0.29, 0.717) is 35.1 Å². The number of benzene rings is 2. The normalized spacial score (nSPS) is 10.2. The standard InChI is InChI=1S/C20H25NO5/c1-23-16-9-7-14(12-18(16)25-3)6-5-11-21-20(22)15-8-10-17(24-2)19(13-15)26-4/h7-10,12-13H,5-6,11H2,1-4H3,(H,21,22). The summed E-state index contributed by atoms with van der Waals surface area (Å²) >= 11 is 0. The molecular weight excluding hydrogens is 334 g/mol. The molecule has 0 atom stereocenters. The average molecular weight is 359 g/mol. The fourth-order valence-electron chi connectivity index (χ4n) is 2.61. The largest absolute Gasteiger partial charge is 0.493 e. The van der Waals surface area contributed by atoms with E-state index in [1.165, 1.54) is 0 Å². The van der Waals surface area contributed by atoms with Crippen molar-refractivity contribution in [2.24, 2.45) is 0 Å². The van der Waals surface area contributed by atoms with Crippen molar-refractivity contribution in [1.29, 1.82) is 0 Å². The van der Waals surface area contributed by atoms with Crippen molar-refractivity contribution >= 4 is 5.91 Å². The molecule has 0 saturated heterocycles. The molecule has 1 amide bonds. The Morgan fingerprint density at radius 2 is 1.38 bits per heavy atom. The Hall–Kier alpha value is -2.89. The molecule has 0 aromatic heterocycles. The summed E-state index contributed by atoms with van der Waals surface area (Å²) in [6, 6.07) is 10.9. The first kappa shape index (κ1) is 19.4. The Labute approximate surface area is 154 Å². The highest BCUT2D eigenvalue weighted by atomic mass is 16.5. The lowest BCUT2D eigenvalue weighted by molar-refractivity contribution is 0.0953. The van der Waals surface area contributed by atoms with E-state index < -0.39 is 0 Å². The number of methoxy groups -OCH3 is 4. The Bertz CT molecular complexity index is 745. The van der Waals surface area contributed by atoms with Gasteiger partial charge in [-0.2, -0.15) is 0 Å². The van der Waals surface area contributed by atoms with Crippen LogP contribution in [0.15, 0.2) is 36.4 Å². The van der Waals surface area contributed by atoms with Gasteiger partial charge in [-0.25, -0.2) is 0 Å². The predicted octanol–water partition coefficient (Wildman–Crippen LogP) is 3.08. The van der Waals surface area contributed by atoms with Crippen LogP contribution >= 0.6 is 0 Å². The number of hydrogen-bond acceptors (Lipinski definition) is 5. The topological polar surface area (TPSA) is 66.0 Å². The van der Waals surface area contributed by atoms with Crippen LogP contribution in [0.5, 0.6) is 23.0 Å². The first-order valence-corrected chi connectivity index (χ1v) is 8.34. The van der Waals surface area contributed by atoms with Gasteiger partial charge < -0.3 is 24.3 Å². The van der Waals surface area contributed by atoms with Crippen LogP contribution in [-0.2, 0) is 6.42 Å². The maximum atomic E-state index is 12.3. The molecule has 6 nitrogen and oxygen atoms in total. The van der Waals surface area contributed by atoms with Crippen LogP contribution in [0, 0.1) is 0 Å². The first-order chi connectivity index (χ1) is 12.6. The molecule has 2 rings (SSSR count). The number of amides is 1. The van der Waals surface area contributed by atoms with E-state index in [4.69, 9.17) is 18.9 Å². The summed E-state index contributed by atoms with van der Waals surface area (Å²) in [6.45, 7) is 0.571. The van der Waals surface area contributed by atoms with Crippen LogP contribution in [0.3, 0.4) is 0 Å². The van der Waals surface area contributed by atoms with E-state index in [-0.39, 0.29) is 5.91 Å². The molecule has 2 aromatic rings. The van der Waals surface area contributed by atoms with Crippen LogP contribution in [-0.4, -0.2) is 40.9 Å². The van der Waals surface area contributed by atoms with E-state index in [2.05, 4.69) is 5.32 Å². The highest BCUT2D eigenvalue weighted by Gasteiger charge is 2.10. The monoisotopic (exact) mass is 359 g/mol. The van der Waals surface area contributed by atoms with Crippen LogP contribution in [0.1, 0.15) is 22.3 Å². The molecule has 0 saturated carbocycles. The maximum Gasteiger partial charge on any atom is 0.251 e. The molecule has 0 radical (unpaired) electrons. The van der Waals surface area contributed by atoms with E-state index in [9.17, 15) is 4.79 Å². The lowest BCUT2D eigenvalue weighted by Gasteiger charge is -2.11. The Balaban J connectivity index is 1.87. The second-order valence-electron chi connectivity index (χ2n) is 5.62. The third kappa shape index (κ3) is 4.81. The van der Waals surface area contributed by atoms with E-state index in [1.807, 2.05) is 18.2 Å². The second kappa shape index (κ2) is 9.56. The lowest BCUT2D eigenvalue weighted by atomic mass is 10.1. The molecular formula is C20H25NO5. The summed E-state index contributed by atoms with van der Waals surface area (Å²) in [5.74, 6) is 2.40. The molecule has 0 heterocycles. The van der Waals surface area contributed by atoms with Crippen LogP contribution in [0.25, 0.3) is 0 Å². The van der Waals surface area contributed by atoms with Gasteiger partial charge in [-0.3, -0.25) is 4.79 Å². The van der Waals surface area contributed by atoms with Gasteiger partial charge in [-0.05, 0) is 48.7 Å². The fraction of sp³-hybridized carbons (Fsp3) is 0.350. The summed E-state index contributed by atoms with van der Waals surface area (Å²) in [5.41, 5.74) is 1.66. The van der Waals surface area contributed by atoms with E-state index >= 15 is 0 Å². The summed E-state index contributed by atoms with van der Waals surface area (Å²) in [7, 11) is 6.33. The maximum absolute atomic E-state index is 12.3. The first-order valence-electron chi connectivity index (χ1n) is 8.34. The SMILES string of the molecule is COc1ccc(CCCNC(=O)c2ccc(OC)c(OC)c2)cc1OC. The predicted molar refractivity (Wildman–Crippen MR) is 99.7 cm³/mol. The van der Waals surface area contributed by atoms with E-state index in [0.717, 1.165) is 18.4 Å². The molecule has 0 fully saturated rings. The van der Waals surface area contributed by atoms with Crippen molar-refractivity contribution in [3.63, 3.8) is 0 Å². The van der Waals surface area contributed by atoms with Gasteiger partial charge in [-0.15, -0.1) is 0 Å². The molecule has 0 aliphatic heterocycles. The minimum Gasteiger partial charge on any atom is -0.493 e. The van der Waals surface area contributed by atoms with Gasteiger partial charge in [0, 0.05) is 12.1 Å². The zero-order valence-electron chi connectivity index (χ0n) is 15.6. The summed E-state index contributed by atoms with van der Waals surface area (Å²) in [4.78, 5) is 12.3. The number of rotatable bonds is 9. The van der Waals surface area contributed by atoms with Gasteiger partial charge in [0.1, 0.15) is 0 Å². The smallest absolute Gasteiger partial charge is 0.251 e. The third-order valence-electron chi connectivity index (χ3n) is 4.02. The fourth-order valence-corrected chi connectivity index (χ4v) is 2.61. The second-order valence-corrected chi connectivity index (χ2v) is 5.62. The summed E-state index contributed by atoms with van der Waals surface area (Å²) in [6.07, 6.45) is 1.64. The van der Waals surface area contributed by atoms with Gasteiger partial charge in [0.2, 0.25) is 0 Å². The molecule has 0 spiro atoms.